The third-order valence-electron chi connectivity index (χ3n) is 16.4. The molecule has 8 heteroatoms. The van der Waals surface area contributed by atoms with Crippen LogP contribution in [-0.4, -0.2) is 54.1 Å². The van der Waals surface area contributed by atoms with Gasteiger partial charge in [0.15, 0.2) is 0 Å². The van der Waals surface area contributed by atoms with E-state index in [1.807, 2.05) is 12.1 Å². The molecule has 4 unspecified atom stereocenters. The maximum atomic E-state index is 14.1. The van der Waals surface area contributed by atoms with E-state index in [2.05, 4.69) is 59.5 Å². The van der Waals surface area contributed by atoms with Gasteiger partial charge in [-0.3, -0.25) is 4.79 Å². The van der Waals surface area contributed by atoms with Crippen LogP contribution in [0.25, 0.3) is 5.57 Å². The first-order valence-electron chi connectivity index (χ1n) is 19.3. The number of sulfonamides is 1. The zero-order valence-corrected chi connectivity index (χ0v) is 32.3. The number of carbonyl (C=O) groups excluding carboxylic acids is 1. The molecule has 50 heavy (non-hydrogen) atoms. The van der Waals surface area contributed by atoms with Crippen molar-refractivity contribution in [2.75, 3.05) is 12.8 Å². The zero-order valence-electron chi connectivity index (χ0n) is 31.5. The van der Waals surface area contributed by atoms with Gasteiger partial charge in [-0.05, 0) is 152 Å². The predicted molar refractivity (Wildman–Crippen MR) is 199 cm³/mol. The normalized spacial score (nSPS) is 42.3. The number of rotatable bonds is 6. The second kappa shape index (κ2) is 11.8. The SMILES string of the molecule is C=C(C)[C@@H]1CC[C@]2(NC(=O)C3CCCN3S(C)(=O)=O)CC[C@]3(C)[C@H](CCC4[C@@]5(C)CC=C(c6ccc(C(=O)O)cc6)C(C)(C)C5CC[C@]43C)C12. The molecule has 1 heterocycles. The Morgan fingerprint density at radius 3 is 2.24 bits per heavy atom. The number of aromatic carboxylic acids is 1. The molecule has 274 valence electrons. The van der Waals surface area contributed by atoms with Crippen molar-refractivity contribution in [3.8, 4) is 0 Å². The molecule has 1 aliphatic heterocycles. The Labute approximate surface area is 300 Å². The molecule has 6 aliphatic rings. The lowest BCUT2D eigenvalue weighted by molar-refractivity contribution is -0.219. The number of amides is 1. The van der Waals surface area contributed by atoms with Crippen LogP contribution in [0.1, 0.15) is 128 Å². The molecule has 0 bridgehead atoms. The Bertz CT molecular complexity index is 1730. The molecule has 5 fully saturated rings. The molecule has 1 amide bonds. The van der Waals surface area contributed by atoms with E-state index < -0.39 is 22.0 Å². The van der Waals surface area contributed by atoms with Gasteiger partial charge in [0.25, 0.3) is 0 Å². The van der Waals surface area contributed by atoms with Gasteiger partial charge in [-0.2, -0.15) is 4.31 Å². The summed E-state index contributed by atoms with van der Waals surface area (Å²) < 4.78 is 26.6. The quantitative estimate of drug-likeness (QED) is 0.290. The largest absolute Gasteiger partial charge is 0.478 e. The van der Waals surface area contributed by atoms with Gasteiger partial charge in [0.2, 0.25) is 15.9 Å². The summed E-state index contributed by atoms with van der Waals surface area (Å²) in [5, 5.41) is 13.1. The van der Waals surface area contributed by atoms with E-state index in [0.29, 0.717) is 48.1 Å². The van der Waals surface area contributed by atoms with Crippen molar-refractivity contribution in [1.82, 2.24) is 9.62 Å². The van der Waals surface area contributed by atoms with Crippen molar-refractivity contribution in [3.63, 3.8) is 0 Å². The predicted octanol–water partition coefficient (Wildman–Crippen LogP) is 8.33. The number of fused-ring (bicyclic) bond motifs is 7. The summed E-state index contributed by atoms with van der Waals surface area (Å²) >= 11 is 0. The lowest BCUT2D eigenvalue weighted by Crippen LogP contribution is -2.69. The second-order valence-corrected chi connectivity index (χ2v) is 20.7. The number of carboxylic acid groups (broad SMARTS) is 1. The van der Waals surface area contributed by atoms with Crippen LogP contribution in [0.3, 0.4) is 0 Å². The Morgan fingerprint density at radius 1 is 0.900 bits per heavy atom. The summed E-state index contributed by atoms with van der Waals surface area (Å²) in [5.41, 5.74) is 4.11. The van der Waals surface area contributed by atoms with E-state index in [1.54, 1.807) is 12.1 Å². The first-order valence-corrected chi connectivity index (χ1v) is 21.1. The van der Waals surface area contributed by atoms with Gasteiger partial charge in [-0.25, -0.2) is 13.2 Å². The van der Waals surface area contributed by atoms with Gasteiger partial charge in [0, 0.05) is 12.1 Å². The number of allylic oxidation sites excluding steroid dienone is 3. The van der Waals surface area contributed by atoms with Crippen LogP contribution in [0.4, 0.5) is 0 Å². The van der Waals surface area contributed by atoms with Crippen molar-refractivity contribution in [1.29, 1.82) is 0 Å². The summed E-state index contributed by atoms with van der Waals surface area (Å²) in [7, 11) is -3.45. The lowest BCUT2D eigenvalue weighted by atomic mass is 9.33. The monoisotopic (exact) mass is 704 g/mol. The maximum Gasteiger partial charge on any atom is 0.335 e. The van der Waals surface area contributed by atoms with Gasteiger partial charge in [-0.1, -0.05) is 65.0 Å². The molecule has 10 atom stereocenters. The molecular weight excluding hydrogens is 645 g/mol. The summed E-state index contributed by atoms with van der Waals surface area (Å²) in [6.07, 6.45) is 14.7. The fourth-order valence-corrected chi connectivity index (χ4v) is 15.1. The minimum Gasteiger partial charge on any atom is -0.478 e. The fourth-order valence-electron chi connectivity index (χ4n) is 14.0. The van der Waals surface area contributed by atoms with E-state index in [9.17, 15) is 23.1 Å². The van der Waals surface area contributed by atoms with Crippen LogP contribution in [0.15, 0.2) is 42.5 Å². The van der Waals surface area contributed by atoms with Crippen LogP contribution in [-0.2, 0) is 14.8 Å². The van der Waals surface area contributed by atoms with Crippen molar-refractivity contribution in [2.45, 2.75) is 124 Å². The Balaban J connectivity index is 1.20. The molecule has 2 N–H and O–H groups in total. The first kappa shape index (κ1) is 35.9. The van der Waals surface area contributed by atoms with E-state index in [1.165, 1.54) is 41.0 Å². The molecule has 1 saturated heterocycles. The van der Waals surface area contributed by atoms with Crippen molar-refractivity contribution >= 4 is 27.5 Å². The minimum absolute atomic E-state index is 0.0422. The lowest BCUT2D eigenvalue weighted by Gasteiger charge is -2.72. The fraction of sp³-hybridized carbons (Fsp3) is 0.714. The third kappa shape index (κ3) is 5.07. The van der Waals surface area contributed by atoms with Crippen LogP contribution in [0, 0.1) is 51.2 Å². The molecule has 0 radical (unpaired) electrons. The van der Waals surface area contributed by atoms with E-state index in [-0.39, 0.29) is 33.1 Å². The van der Waals surface area contributed by atoms with Crippen LogP contribution >= 0.6 is 0 Å². The average Bonchev–Trinajstić information content (AvgIpc) is 3.68. The van der Waals surface area contributed by atoms with Crippen LogP contribution < -0.4 is 5.32 Å². The van der Waals surface area contributed by atoms with E-state index in [4.69, 9.17) is 0 Å². The molecule has 7 rings (SSSR count). The van der Waals surface area contributed by atoms with E-state index >= 15 is 0 Å². The molecule has 1 aromatic carbocycles. The Hall–Kier alpha value is -2.45. The standard InChI is InChI=1S/C42H60N2O5S/c1-26(2)29-17-22-42(43-36(45)32-10-9-25-44(32)50(8,48)49)24-23-40(6)31(35(29)42)15-16-34-39(5)20-18-30(27-11-13-28(14-12-27)37(46)47)38(3,4)33(39)19-21-41(34,40)7/h11-14,18,29,31-35H,1,9-10,15-17,19-25H2,2-8H3,(H,43,45)(H,46,47)/t29-,31+,32?,33?,34?,35?,39-,40+,41+,42-/m0/s1. The number of carboxylic acids is 1. The molecule has 7 nitrogen and oxygen atoms in total. The molecule has 4 saturated carbocycles. The second-order valence-electron chi connectivity index (χ2n) is 18.8. The molecule has 1 aromatic rings. The first-order chi connectivity index (χ1) is 23.3. The number of nitrogens with one attached hydrogen (secondary N) is 1. The average molecular weight is 705 g/mol. The van der Waals surface area contributed by atoms with Gasteiger partial charge in [0.1, 0.15) is 6.04 Å². The smallest absolute Gasteiger partial charge is 0.335 e. The maximum absolute atomic E-state index is 14.1. The van der Waals surface area contributed by atoms with Crippen molar-refractivity contribution in [3.05, 3.63) is 53.6 Å². The van der Waals surface area contributed by atoms with Crippen molar-refractivity contribution < 1.29 is 23.1 Å². The Kier molecular flexibility index (Phi) is 8.46. The molecule has 0 aromatic heterocycles. The van der Waals surface area contributed by atoms with Gasteiger partial charge >= 0.3 is 5.97 Å². The van der Waals surface area contributed by atoms with Gasteiger partial charge in [0.05, 0.1) is 11.8 Å². The highest BCUT2D eigenvalue weighted by Crippen LogP contribution is 2.76. The highest BCUT2D eigenvalue weighted by Gasteiger charge is 2.70. The number of carbonyl (C=O) groups is 2. The molecule has 5 aliphatic carbocycles. The Morgan fingerprint density at radius 2 is 1.60 bits per heavy atom. The third-order valence-corrected chi connectivity index (χ3v) is 17.7. The number of benzene rings is 1. The summed E-state index contributed by atoms with van der Waals surface area (Å²) in [6, 6.07) is 6.87. The number of nitrogens with zero attached hydrogens (tertiary/aromatic N) is 1. The highest BCUT2D eigenvalue weighted by atomic mass is 32.2. The molecule has 0 spiro atoms. The van der Waals surface area contributed by atoms with Crippen LogP contribution in [0.5, 0.6) is 0 Å². The zero-order chi connectivity index (χ0) is 36.2. The topological polar surface area (TPSA) is 104 Å². The summed E-state index contributed by atoms with van der Waals surface area (Å²) in [6.45, 7) is 19.8. The summed E-state index contributed by atoms with van der Waals surface area (Å²) in [4.78, 5) is 25.6. The summed E-state index contributed by atoms with van der Waals surface area (Å²) in [5.74, 6) is 1.24. The van der Waals surface area contributed by atoms with Crippen LogP contribution in [0.2, 0.25) is 0 Å². The van der Waals surface area contributed by atoms with Crippen molar-refractivity contribution in [2.24, 2.45) is 51.2 Å². The molecular formula is C42H60N2O5S. The number of hydrogen-bond acceptors (Lipinski definition) is 4. The highest BCUT2D eigenvalue weighted by molar-refractivity contribution is 7.88. The number of hydrogen-bond donors (Lipinski definition) is 2. The van der Waals surface area contributed by atoms with Gasteiger partial charge in [-0.15, -0.1) is 0 Å². The van der Waals surface area contributed by atoms with Gasteiger partial charge < -0.3 is 10.4 Å². The van der Waals surface area contributed by atoms with E-state index in [0.717, 1.165) is 50.5 Å². The minimum atomic E-state index is -3.45.